The Morgan fingerprint density at radius 1 is 1.10 bits per heavy atom. The smallest absolute Gasteiger partial charge is 0.255 e. The number of primary amides is 1. The first-order valence-corrected chi connectivity index (χ1v) is 12.6. The minimum Gasteiger partial charge on any atom is -0.509 e. The first-order valence-electron chi connectivity index (χ1n) is 12.2. The Hall–Kier alpha value is -4.21. The number of hydrogen-bond donors (Lipinski definition) is 6. The highest BCUT2D eigenvalue weighted by Gasteiger charge is 2.74. The lowest BCUT2D eigenvalue weighted by Gasteiger charge is -2.58. The van der Waals surface area contributed by atoms with Crippen LogP contribution in [0.3, 0.4) is 0 Å². The van der Waals surface area contributed by atoms with Gasteiger partial charge in [0, 0.05) is 10.6 Å². The minimum atomic E-state index is -2.71. The first-order chi connectivity index (χ1) is 18.7. The van der Waals surface area contributed by atoms with Gasteiger partial charge in [-0.1, -0.05) is 35.9 Å². The summed E-state index contributed by atoms with van der Waals surface area (Å²) < 4.78 is 0. The van der Waals surface area contributed by atoms with Crippen LogP contribution in [0.4, 0.5) is 0 Å². The molecule has 1 fully saturated rings. The van der Waals surface area contributed by atoms with Crippen molar-refractivity contribution >= 4 is 34.8 Å². The number of carbonyl (C=O) groups excluding carboxylic acids is 3. The van der Waals surface area contributed by atoms with Gasteiger partial charge in [0.1, 0.15) is 22.8 Å². The molecule has 9 N–H and O–H groups in total. The van der Waals surface area contributed by atoms with Crippen molar-refractivity contribution in [3.63, 3.8) is 0 Å². The van der Waals surface area contributed by atoms with Crippen LogP contribution in [0.2, 0.25) is 5.02 Å². The van der Waals surface area contributed by atoms with E-state index in [2.05, 4.69) is 0 Å². The maximum Gasteiger partial charge on any atom is 0.255 e. The summed E-state index contributed by atoms with van der Waals surface area (Å²) in [6.45, 7) is 0. The Balaban J connectivity index is 1.88. The van der Waals surface area contributed by atoms with Gasteiger partial charge in [0.25, 0.3) is 5.91 Å². The molecule has 2 aromatic rings. The second-order valence-electron chi connectivity index (χ2n) is 10.7. The number of halogens is 1. The standard InChI is InChI=1S/C28H26ClN5O6/c1-34(2)22-21(37)18(25(31)40)23(38)27(11-30)24(39)19-20(36)17-14(9-26(19,32)10-28(22,27)33)12(7-8-16(17)35)13-5-3-4-6-15(13)29/h3-8,22,35-36,38H,9-10,32-33H2,1-2H3,(H2,31,40)/t22-,26-,27+,28-/m1/s1. The average Bonchev–Trinajstić information content (AvgIpc) is 2.83. The molecule has 1 amide bonds. The quantitative estimate of drug-likeness (QED) is 0.293. The van der Waals surface area contributed by atoms with Crippen LogP contribution in [-0.2, 0) is 20.8 Å². The van der Waals surface area contributed by atoms with Gasteiger partial charge in [-0.25, -0.2) is 0 Å². The van der Waals surface area contributed by atoms with Crippen molar-refractivity contribution in [2.75, 3.05) is 14.1 Å². The Bertz CT molecular complexity index is 1660. The summed E-state index contributed by atoms with van der Waals surface area (Å²) in [5.41, 5.74) is 12.4. The van der Waals surface area contributed by atoms with Gasteiger partial charge < -0.3 is 32.5 Å². The predicted octanol–water partition coefficient (Wildman–Crippen LogP) is 1.23. The minimum absolute atomic E-state index is 0.103. The number of phenols is 1. The molecule has 2 aromatic carbocycles. The van der Waals surface area contributed by atoms with E-state index in [1.165, 1.54) is 25.1 Å². The van der Waals surface area contributed by atoms with Crippen molar-refractivity contribution in [1.82, 2.24) is 4.90 Å². The molecule has 0 heterocycles. The number of aliphatic hydroxyl groups excluding tert-OH is 2. The van der Waals surface area contributed by atoms with E-state index in [-0.39, 0.29) is 17.7 Å². The molecular formula is C28H26ClN5O6. The number of rotatable bonds is 3. The van der Waals surface area contributed by atoms with Crippen LogP contribution in [0.15, 0.2) is 53.3 Å². The summed E-state index contributed by atoms with van der Waals surface area (Å²) in [5.74, 6) is -5.81. The number of carbonyl (C=O) groups is 3. The molecule has 0 spiro atoms. The van der Waals surface area contributed by atoms with Crippen molar-refractivity contribution in [3.8, 4) is 22.9 Å². The predicted molar refractivity (Wildman–Crippen MR) is 145 cm³/mol. The summed E-state index contributed by atoms with van der Waals surface area (Å²) in [5, 5.41) is 44.4. The van der Waals surface area contributed by atoms with Crippen LogP contribution >= 0.6 is 11.6 Å². The zero-order valence-electron chi connectivity index (χ0n) is 21.5. The second-order valence-corrected chi connectivity index (χ2v) is 11.2. The van der Waals surface area contributed by atoms with Crippen molar-refractivity contribution in [3.05, 3.63) is 69.5 Å². The molecule has 4 atom stereocenters. The first kappa shape index (κ1) is 27.4. The molecule has 11 nitrogen and oxygen atoms in total. The largest absolute Gasteiger partial charge is 0.509 e. The lowest BCUT2D eigenvalue weighted by atomic mass is 9.47. The number of benzene rings is 2. The number of nitrogens with zero attached hydrogens (tertiary/aromatic N) is 2. The number of nitriles is 1. The van der Waals surface area contributed by atoms with Crippen LogP contribution < -0.4 is 17.2 Å². The third-order valence-electron chi connectivity index (χ3n) is 8.30. The Kier molecular flexibility index (Phi) is 5.91. The number of aliphatic hydroxyl groups is 2. The molecule has 0 radical (unpaired) electrons. The van der Waals surface area contributed by atoms with Gasteiger partial charge in [0.15, 0.2) is 17.0 Å². The van der Waals surface area contributed by atoms with Gasteiger partial charge in [0.2, 0.25) is 0 Å². The number of phenolic OH excluding ortho intramolecular Hbond substituents is 1. The number of aromatic hydroxyl groups is 1. The molecule has 40 heavy (non-hydrogen) atoms. The van der Waals surface area contributed by atoms with Crippen molar-refractivity contribution in [1.29, 1.82) is 5.26 Å². The lowest BCUT2D eigenvalue weighted by molar-refractivity contribution is -0.139. The highest BCUT2D eigenvalue weighted by Crippen LogP contribution is 2.58. The van der Waals surface area contributed by atoms with E-state index in [0.29, 0.717) is 21.7 Å². The summed E-state index contributed by atoms with van der Waals surface area (Å²) in [6, 6.07) is 10.1. The van der Waals surface area contributed by atoms with E-state index >= 15 is 0 Å². The molecule has 3 aliphatic carbocycles. The molecule has 206 valence electrons. The SMILES string of the molecule is CN(C)[C@@H]1C(=O)C(C(N)=O)=C(O)[C@@]2(C#N)C(=O)C3=C(O)c4c(O)ccc(-c5ccccc5Cl)c4C[C@@]3(N)C[C@@]12N. The van der Waals surface area contributed by atoms with E-state index in [1.54, 1.807) is 36.4 Å². The highest BCUT2D eigenvalue weighted by atomic mass is 35.5. The van der Waals surface area contributed by atoms with Crippen LogP contribution in [0.1, 0.15) is 17.5 Å². The number of hydrogen-bond acceptors (Lipinski definition) is 10. The molecule has 0 aliphatic heterocycles. The van der Waals surface area contributed by atoms with Gasteiger partial charge >= 0.3 is 0 Å². The summed E-state index contributed by atoms with van der Waals surface area (Å²) in [6.07, 6.45) is -0.620. The molecule has 3 aliphatic rings. The molecule has 0 aromatic heterocycles. The maximum absolute atomic E-state index is 14.4. The third kappa shape index (κ3) is 3.19. The van der Waals surface area contributed by atoms with Gasteiger partial charge in [-0.3, -0.25) is 19.3 Å². The topological polar surface area (TPSA) is 217 Å². The lowest BCUT2D eigenvalue weighted by Crippen LogP contribution is -2.80. The molecule has 1 saturated carbocycles. The van der Waals surface area contributed by atoms with E-state index < -0.39 is 69.1 Å². The number of likely N-dealkylation sites (N-methyl/N-ethyl adjacent to an activating group) is 1. The second kappa shape index (κ2) is 8.64. The fourth-order valence-electron chi connectivity index (χ4n) is 6.76. The summed E-state index contributed by atoms with van der Waals surface area (Å²) in [4.78, 5) is 41.5. The van der Waals surface area contributed by atoms with E-state index in [9.17, 15) is 35.0 Å². The van der Waals surface area contributed by atoms with Crippen molar-refractivity contribution in [2.24, 2.45) is 22.6 Å². The number of ketones is 2. The zero-order valence-corrected chi connectivity index (χ0v) is 22.3. The number of Topliss-reactive ketones (excluding diaryl/α,β-unsaturated/α-hetero) is 2. The zero-order chi connectivity index (χ0) is 29.5. The number of nitrogens with two attached hydrogens (primary N) is 3. The summed E-state index contributed by atoms with van der Waals surface area (Å²) in [7, 11) is 2.92. The Morgan fingerprint density at radius 3 is 2.33 bits per heavy atom. The van der Waals surface area contributed by atoms with E-state index in [4.69, 9.17) is 28.8 Å². The van der Waals surface area contributed by atoms with Crippen molar-refractivity contribution < 1.29 is 29.7 Å². The van der Waals surface area contributed by atoms with Crippen LogP contribution in [-0.4, -0.2) is 68.9 Å². The average molecular weight is 564 g/mol. The van der Waals surface area contributed by atoms with Crippen LogP contribution in [0, 0.1) is 16.7 Å². The molecule has 12 heteroatoms. The number of amides is 1. The molecule has 0 saturated heterocycles. The Morgan fingerprint density at radius 2 is 1.75 bits per heavy atom. The Labute approximate surface area is 233 Å². The van der Waals surface area contributed by atoms with Gasteiger partial charge in [0.05, 0.1) is 34.3 Å². The normalized spacial score (nSPS) is 29.6. The van der Waals surface area contributed by atoms with Crippen molar-refractivity contribution in [2.45, 2.75) is 30.0 Å². The van der Waals surface area contributed by atoms with Gasteiger partial charge in [-0.2, -0.15) is 5.26 Å². The molecule has 0 bridgehead atoms. The van der Waals surface area contributed by atoms with Crippen LogP contribution in [0.5, 0.6) is 5.75 Å². The van der Waals surface area contributed by atoms with Crippen LogP contribution in [0.25, 0.3) is 16.9 Å². The molecule has 5 rings (SSSR count). The fourth-order valence-corrected chi connectivity index (χ4v) is 7.00. The number of fused-ring (bicyclic) bond motifs is 3. The summed E-state index contributed by atoms with van der Waals surface area (Å²) >= 11 is 6.46. The van der Waals surface area contributed by atoms with Gasteiger partial charge in [-0.15, -0.1) is 0 Å². The maximum atomic E-state index is 14.4. The molecule has 0 unspecified atom stereocenters. The van der Waals surface area contributed by atoms with Gasteiger partial charge in [-0.05, 0) is 50.2 Å². The highest BCUT2D eigenvalue weighted by molar-refractivity contribution is 6.33. The van der Waals surface area contributed by atoms with E-state index in [0.717, 1.165) is 0 Å². The molecular weight excluding hydrogens is 538 g/mol. The fraction of sp³-hybridized carbons (Fsp3) is 0.286. The third-order valence-corrected chi connectivity index (χ3v) is 8.63. The monoisotopic (exact) mass is 563 g/mol. The van der Waals surface area contributed by atoms with E-state index in [1.807, 2.05) is 0 Å².